The highest BCUT2D eigenvalue weighted by atomic mass is 32.2. The zero-order valence-corrected chi connectivity index (χ0v) is 15.6. The molecule has 2 aromatic rings. The number of benzene rings is 1. The lowest BCUT2D eigenvalue weighted by Gasteiger charge is -2.07. The van der Waals surface area contributed by atoms with Gasteiger partial charge in [-0.15, -0.1) is 0 Å². The zero-order valence-electron chi connectivity index (χ0n) is 14.8. The summed E-state index contributed by atoms with van der Waals surface area (Å²) in [5, 5.41) is 6.36. The van der Waals surface area contributed by atoms with Gasteiger partial charge >= 0.3 is 5.97 Å². The Labute approximate surface area is 156 Å². The maximum absolute atomic E-state index is 11.9. The summed E-state index contributed by atoms with van der Waals surface area (Å²) in [5.74, 6) is -1.15. The highest BCUT2D eigenvalue weighted by Gasteiger charge is 2.30. The number of aryl methyl sites for hydroxylation is 1. The predicted molar refractivity (Wildman–Crippen MR) is 97.6 cm³/mol. The molecule has 0 saturated carbocycles. The Hall–Kier alpha value is -2.68. The van der Waals surface area contributed by atoms with Crippen LogP contribution in [0.15, 0.2) is 34.9 Å². The minimum Gasteiger partial charge on any atom is -0.456 e. The van der Waals surface area contributed by atoms with Gasteiger partial charge in [0.15, 0.2) is 16.4 Å². The number of carbonyl (C=O) groups is 2. The van der Waals surface area contributed by atoms with E-state index in [4.69, 9.17) is 9.26 Å². The maximum atomic E-state index is 11.9. The Bertz CT molecular complexity index is 933. The molecule has 144 valence electrons. The van der Waals surface area contributed by atoms with Crippen LogP contribution in [-0.4, -0.2) is 43.6 Å². The summed E-state index contributed by atoms with van der Waals surface area (Å²) in [5.41, 5.74) is 2.54. The summed E-state index contributed by atoms with van der Waals surface area (Å²) >= 11 is 0. The predicted octanol–water partition coefficient (Wildman–Crippen LogP) is 1.96. The minimum atomic E-state index is -3.04. The van der Waals surface area contributed by atoms with Crippen molar-refractivity contribution in [2.24, 2.45) is 5.92 Å². The average molecular weight is 392 g/mol. The third-order valence-electron chi connectivity index (χ3n) is 4.27. The number of nitrogens with one attached hydrogen (secondary N) is 1. The van der Waals surface area contributed by atoms with Crippen molar-refractivity contribution in [3.8, 4) is 11.3 Å². The molecular formula is C18H20N2O6S. The lowest BCUT2D eigenvalue weighted by molar-refractivity contribution is -0.148. The highest BCUT2D eigenvalue weighted by Crippen LogP contribution is 2.23. The minimum absolute atomic E-state index is 0.00580. The fourth-order valence-corrected chi connectivity index (χ4v) is 4.70. The number of ether oxygens (including phenoxy) is 1. The number of nitrogens with zero attached hydrogens (tertiary/aromatic N) is 1. The summed E-state index contributed by atoms with van der Waals surface area (Å²) in [7, 11) is -3.04. The monoisotopic (exact) mass is 392 g/mol. The van der Waals surface area contributed by atoms with E-state index < -0.39 is 28.3 Å². The average Bonchev–Trinajstić information content (AvgIpc) is 3.20. The molecule has 1 atom stereocenters. The van der Waals surface area contributed by atoms with Gasteiger partial charge in [-0.1, -0.05) is 35.0 Å². The zero-order chi connectivity index (χ0) is 19.4. The maximum Gasteiger partial charge on any atom is 0.306 e. The van der Waals surface area contributed by atoms with Gasteiger partial charge in [0.05, 0.1) is 11.5 Å². The molecule has 0 unspecified atom stereocenters. The van der Waals surface area contributed by atoms with E-state index in [1.54, 1.807) is 6.07 Å². The van der Waals surface area contributed by atoms with Gasteiger partial charge in [0, 0.05) is 18.1 Å². The third kappa shape index (κ3) is 5.40. The Kier molecular flexibility index (Phi) is 5.59. The second-order valence-electron chi connectivity index (χ2n) is 6.62. The molecular weight excluding hydrogens is 372 g/mol. The number of hydrogen-bond donors (Lipinski definition) is 1. The van der Waals surface area contributed by atoms with Gasteiger partial charge < -0.3 is 9.26 Å². The van der Waals surface area contributed by atoms with E-state index in [-0.39, 0.29) is 29.7 Å². The van der Waals surface area contributed by atoms with E-state index in [1.807, 2.05) is 31.2 Å². The Morgan fingerprint density at radius 3 is 2.70 bits per heavy atom. The molecule has 1 amide bonds. The van der Waals surface area contributed by atoms with Crippen LogP contribution >= 0.6 is 0 Å². The van der Waals surface area contributed by atoms with E-state index in [0.29, 0.717) is 12.1 Å². The quantitative estimate of drug-likeness (QED) is 0.747. The molecule has 1 N–H and O–H groups in total. The molecule has 9 heteroatoms. The molecule has 0 spiro atoms. The lowest BCUT2D eigenvalue weighted by Crippen LogP contribution is -2.22. The fraction of sp³-hybridized carbons (Fsp3) is 0.389. The SMILES string of the molecule is Cc1ccc(-c2cc(NC(=O)COC(=O)C[C@@H]3CCS(=O)(=O)C3)on2)cc1. The van der Waals surface area contributed by atoms with E-state index in [2.05, 4.69) is 10.5 Å². The van der Waals surface area contributed by atoms with E-state index in [9.17, 15) is 18.0 Å². The van der Waals surface area contributed by atoms with Gasteiger partial charge in [-0.3, -0.25) is 14.9 Å². The molecule has 0 radical (unpaired) electrons. The van der Waals surface area contributed by atoms with Gasteiger partial charge in [-0.25, -0.2) is 8.42 Å². The normalized spacial score (nSPS) is 18.2. The number of anilines is 1. The first kappa shape index (κ1) is 19.1. The molecule has 1 aromatic heterocycles. The van der Waals surface area contributed by atoms with Crippen molar-refractivity contribution >= 4 is 27.6 Å². The molecule has 0 bridgehead atoms. The van der Waals surface area contributed by atoms with Crippen molar-refractivity contribution < 1.29 is 27.3 Å². The molecule has 8 nitrogen and oxygen atoms in total. The van der Waals surface area contributed by atoms with E-state index in [1.165, 1.54) is 0 Å². The second kappa shape index (κ2) is 7.91. The first-order valence-corrected chi connectivity index (χ1v) is 10.3. The largest absolute Gasteiger partial charge is 0.456 e. The van der Waals surface area contributed by atoms with Crippen molar-refractivity contribution in [1.82, 2.24) is 5.16 Å². The van der Waals surface area contributed by atoms with Crippen LogP contribution in [0.4, 0.5) is 5.88 Å². The number of rotatable bonds is 6. The number of carbonyl (C=O) groups excluding carboxylic acids is 2. The third-order valence-corrected chi connectivity index (χ3v) is 6.10. The van der Waals surface area contributed by atoms with Crippen LogP contribution in [0.25, 0.3) is 11.3 Å². The number of sulfone groups is 1. The van der Waals surface area contributed by atoms with Crippen LogP contribution in [0.5, 0.6) is 0 Å². The van der Waals surface area contributed by atoms with Gasteiger partial charge in [0.1, 0.15) is 5.69 Å². The van der Waals surface area contributed by atoms with Gasteiger partial charge in [-0.05, 0) is 19.3 Å². The number of esters is 1. The second-order valence-corrected chi connectivity index (χ2v) is 8.85. The Morgan fingerprint density at radius 1 is 1.30 bits per heavy atom. The number of hydrogen-bond acceptors (Lipinski definition) is 7. The summed E-state index contributed by atoms with van der Waals surface area (Å²) in [6.07, 6.45) is 0.440. The number of aromatic nitrogens is 1. The van der Waals surface area contributed by atoms with Crippen molar-refractivity contribution in [3.05, 3.63) is 35.9 Å². The molecule has 1 aliphatic heterocycles. The smallest absolute Gasteiger partial charge is 0.306 e. The number of amides is 1. The first-order chi connectivity index (χ1) is 12.8. The molecule has 27 heavy (non-hydrogen) atoms. The summed E-state index contributed by atoms with van der Waals surface area (Å²) in [6, 6.07) is 9.25. The first-order valence-electron chi connectivity index (χ1n) is 8.50. The van der Waals surface area contributed by atoms with Crippen LogP contribution in [0.2, 0.25) is 0 Å². The molecule has 3 rings (SSSR count). The molecule has 0 aliphatic carbocycles. The van der Waals surface area contributed by atoms with Crippen molar-refractivity contribution in [2.75, 3.05) is 23.4 Å². The molecule has 1 fully saturated rings. The Morgan fingerprint density at radius 2 is 2.04 bits per heavy atom. The summed E-state index contributed by atoms with van der Waals surface area (Å²) < 4.78 is 32.7. The van der Waals surface area contributed by atoms with Gasteiger partial charge in [0.25, 0.3) is 5.91 Å². The van der Waals surface area contributed by atoms with E-state index >= 15 is 0 Å². The molecule has 1 saturated heterocycles. The van der Waals surface area contributed by atoms with Crippen LogP contribution in [0, 0.1) is 12.8 Å². The topological polar surface area (TPSA) is 116 Å². The van der Waals surface area contributed by atoms with Crippen LogP contribution in [0.1, 0.15) is 18.4 Å². The molecule has 1 aromatic carbocycles. The van der Waals surface area contributed by atoms with E-state index in [0.717, 1.165) is 11.1 Å². The molecule has 2 heterocycles. The van der Waals surface area contributed by atoms with Crippen LogP contribution < -0.4 is 5.32 Å². The van der Waals surface area contributed by atoms with Crippen molar-refractivity contribution in [2.45, 2.75) is 19.8 Å². The van der Waals surface area contributed by atoms with Crippen molar-refractivity contribution in [3.63, 3.8) is 0 Å². The van der Waals surface area contributed by atoms with Crippen LogP contribution in [0.3, 0.4) is 0 Å². The van der Waals surface area contributed by atoms with Gasteiger partial charge in [0.2, 0.25) is 5.88 Å². The van der Waals surface area contributed by atoms with Crippen LogP contribution in [-0.2, 0) is 24.2 Å². The fourth-order valence-electron chi connectivity index (χ4n) is 2.84. The summed E-state index contributed by atoms with van der Waals surface area (Å²) in [6.45, 7) is 1.50. The van der Waals surface area contributed by atoms with Crippen molar-refractivity contribution in [1.29, 1.82) is 0 Å². The highest BCUT2D eigenvalue weighted by molar-refractivity contribution is 7.91. The lowest BCUT2D eigenvalue weighted by atomic mass is 10.1. The van der Waals surface area contributed by atoms with Gasteiger partial charge in [-0.2, -0.15) is 0 Å². The summed E-state index contributed by atoms with van der Waals surface area (Å²) in [4.78, 5) is 23.6. The standard InChI is InChI=1S/C18H20N2O6S/c1-12-2-4-14(5-3-12)15-9-17(26-20-15)19-16(21)10-25-18(22)8-13-6-7-27(23,24)11-13/h2-5,9,13H,6-8,10-11H2,1H3,(H,19,21)/t13-/m0/s1. The Balaban J connectivity index is 1.45. The molecule has 1 aliphatic rings.